The smallest absolute Gasteiger partial charge is 0.138 e. The van der Waals surface area contributed by atoms with Crippen molar-refractivity contribution in [1.82, 2.24) is 0 Å². The molecule has 1 unspecified atom stereocenters. The molecule has 0 radical (unpaired) electrons. The minimum absolute atomic E-state index is 0.0574. The van der Waals surface area contributed by atoms with Crippen molar-refractivity contribution in [1.29, 1.82) is 0 Å². The van der Waals surface area contributed by atoms with Gasteiger partial charge < -0.3 is 15.7 Å². The molecule has 3 rings (SSSR count). The van der Waals surface area contributed by atoms with E-state index in [2.05, 4.69) is 11.0 Å². The lowest BCUT2D eigenvalue weighted by molar-refractivity contribution is 0.471. The highest BCUT2D eigenvalue weighted by molar-refractivity contribution is 6.31. The van der Waals surface area contributed by atoms with Crippen molar-refractivity contribution in [2.75, 3.05) is 11.4 Å². The summed E-state index contributed by atoms with van der Waals surface area (Å²) in [6.07, 6.45) is 0. The van der Waals surface area contributed by atoms with Crippen LogP contribution in [-0.2, 0) is 6.54 Å². The SMILES string of the molecule is NCC1c2cccc(Cl)c2CN1c1ccccc1O. The van der Waals surface area contributed by atoms with E-state index in [9.17, 15) is 5.11 Å². The zero-order valence-corrected chi connectivity index (χ0v) is 11.1. The molecule has 4 heteroatoms. The summed E-state index contributed by atoms with van der Waals surface area (Å²) in [5, 5.41) is 10.8. The van der Waals surface area contributed by atoms with E-state index in [-0.39, 0.29) is 11.8 Å². The van der Waals surface area contributed by atoms with E-state index in [1.807, 2.05) is 30.3 Å². The van der Waals surface area contributed by atoms with E-state index in [1.165, 1.54) is 0 Å². The van der Waals surface area contributed by atoms with E-state index in [0.29, 0.717) is 13.1 Å². The van der Waals surface area contributed by atoms with Gasteiger partial charge in [0.25, 0.3) is 0 Å². The van der Waals surface area contributed by atoms with E-state index >= 15 is 0 Å². The van der Waals surface area contributed by atoms with Gasteiger partial charge in [0.1, 0.15) is 5.75 Å². The molecular formula is C15H15ClN2O. The summed E-state index contributed by atoms with van der Waals surface area (Å²) in [7, 11) is 0. The van der Waals surface area contributed by atoms with Gasteiger partial charge in [0.15, 0.2) is 0 Å². The van der Waals surface area contributed by atoms with Crippen LogP contribution >= 0.6 is 11.6 Å². The van der Waals surface area contributed by atoms with Gasteiger partial charge in [-0.15, -0.1) is 0 Å². The second-order valence-corrected chi connectivity index (χ2v) is 5.08. The average molecular weight is 275 g/mol. The summed E-state index contributed by atoms with van der Waals surface area (Å²) < 4.78 is 0. The Hall–Kier alpha value is -1.71. The number of nitrogens with zero attached hydrogens (tertiary/aromatic N) is 1. The van der Waals surface area contributed by atoms with E-state index in [0.717, 1.165) is 21.8 Å². The molecule has 0 amide bonds. The minimum Gasteiger partial charge on any atom is -0.506 e. The third-order valence-corrected chi connectivity index (χ3v) is 3.99. The van der Waals surface area contributed by atoms with Gasteiger partial charge in [-0.25, -0.2) is 0 Å². The fourth-order valence-corrected chi connectivity index (χ4v) is 2.96. The topological polar surface area (TPSA) is 49.5 Å². The first-order valence-electron chi connectivity index (χ1n) is 6.24. The Morgan fingerprint density at radius 2 is 2.00 bits per heavy atom. The van der Waals surface area contributed by atoms with Crippen molar-refractivity contribution >= 4 is 17.3 Å². The summed E-state index contributed by atoms with van der Waals surface area (Å²) in [4.78, 5) is 2.10. The molecule has 0 saturated heterocycles. The molecule has 1 aliphatic rings. The zero-order valence-electron chi connectivity index (χ0n) is 10.4. The molecule has 98 valence electrons. The van der Waals surface area contributed by atoms with Crippen LogP contribution in [0.5, 0.6) is 5.75 Å². The third kappa shape index (κ3) is 1.95. The lowest BCUT2D eigenvalue weighted by Gasteiger charge is -2.26. The van der Waals surface area contributed by atoms with Gasteiger partial charge in [-0.1, -0.05) is 35.9 Å². The molecular weight excluding hydrogens is 260 g/mol. The lowest BCUT2D eigenvalue weighted by Crippen LogP contribution is -2.27. The van der Waals surface area contributed by atoms with Gasteiger partial charge in [-0.3, -0.25) is 0 Å². The first-order chi connectivity index (χ1) is 9.22. The normalized spacial score (nSPS) is 17.6. The van der Waals surface area contributed by atoms with Gasteiger partial charge in [0.05, 0.1) is 11.7 Å². The Balaban J connectivity index is 2.07. The van der Waals surface area contributed by atoms with Gasteiger partial charge in [-0.05, 0) is 29.3 Å². The van der Waals surface area contributed by atoms with Gasteiger partial charge in [0, 0.05) is 18.1 Å². The molecule has 0 spiro atoms. The predicted octanol–water partition coefficient (Wildman–Crippen LogP) is 3.07. The summed E-state index contributed by atoms with van der Waals surface area (Å²) in [6.45, 7) is 1.16. The highest BCUT2D eigenvalue weighted by atomic mass is 35.5. The number of halogens is 1. The van der Waals surface area contributed by atoms with Crippen LogP contribution in [0.2, 0.25) is 5.02 Å². The van der Waals surface area contributed by atoms with Crippen molar-refractivity contribution < 1.29 is 5.11 Å². The number of hydrogen-bond acceptors (Lipinski definition) is 3. The Morgan fingerprint density at radius 3 is 2.74 bits per heavy atom. The number of phenolic OH excluding ortho intramolecular Hbond substituents is 1. The molecule has 0 bridgehead atoms. The van der Waals surface area contributed by atoms with Crippen LogP contribution in [0.1, 0.15) is 17.2 Å². The van der Waals surface area contributed by atoms with Crippen LogP contribution in [0, 0.1) is 0 Å². The Labute approximate surface area is 117 Å². The standard InChI is InChI=1S/C15H15ClN2O/c16-12-5-3-4-10-11(12)9-18(14(10)8-17)13-6-1-2-7-15(13)19/h1-7,14,19H,8-9,17H2. The van der Waals surface area contributed by atoms with Crippen molar-refractivity contribution in [2.24, 2.45) is 5.73 Å². The maximum absolute atomic E-state index is 10.0. The second kappa shape index (κ2) is 4.76. The van der Waals surface area contributed by atoms with Gasteiger partial charge in [0.2, 0.25) is 0 Å². The summed E-state index contributed by atoms with van der Waals surface area (Å²) in [5.41, 5.74) is 8.96. The number of aromatic hydroxyl groups is 1. The third-order valence-electron chi connectivity index (χ3n) is 3.63. The molecule has 0 aliphatic carbocycles. The number of fused-ring (bicyclic) bond motifs is 1. The number of nitrogens with two attached hydrogens (primary N) is 1. The molecule has 2 aromatic carbocycles. The number of rotatable bonds is 2. The molecule has 3 N–H and O–H groups in total. The quantitative estimate of drug-likeness (QED) is 0.885. The number of hydrogen-bond donors (Lipinski definition) is 2. The van der Waals surface area contributed by atoms with Gasteiger partial charge in [-0.2, -0.15) is 0 Å². The fraction of sp³-hybridized carbons (Fsp3) is 0.200. The molecule has 1 heterocycles. The van der Waals surface area contributed by atoms with Crippen molar-refractivity contribution in [2.45, 2.75) is 12.6 Å². The summed E-state index contributed by atoms with van der Waals surface area (Å²) in [5.74, 6) is 0.268. The minimum atomic E-state index is 0.0574. The first-order valence-corrected chi connectivity index (χ1v) is 6.62. The fourth-order valence-electron chi connectivity index (χ4n) is 2.72. The molecule has 1 atom stereocenters. The Bertz CT molecular complexity index is 615. The van der Waals surface area contributed by atoms with Crippen molar-refractivity contribution in [3.05, 3.63) is 58.6 Å². The molecule has 0 fully saturated rings. The van der Waals surface area contributed by atoms with Crippen molar-refractivity contribution in [3.8, 4) is 5.75 Å². The van der Waals surface area contributed by atoms with E-state index in [4.69, 9.17) is 17.3 Å². The lowest BCUT2D eigenvalue weighted by atomic mass is 10.0. The molecule has 0 aromatic heterocycles. The van der Waals surface area contributed by atoms with Crippen LogP contribution < -0.4 is 10.6 Å². The summed E-state index contributed by atoms with van der Waals surface area (Å²) in [6, 6.07) is 13.3. The number of phenols is 1. The Kier molecular flexibility index (Phi) is 3.09. The van der Waals surface area contributed by atoms with E-state index < -0.39 is 0 Å². The monoisotopic (exact) mass is 274 g/mol. The van der Waals surface area contributed by atoms with Gasteiger partial charge >= 0.3 is 0 Å². The average Bonchev–Trinajstić information content (AvgIpc) is 2.79. The molecule has 2 aromatic rings. The largest absolute Gasteiger partial charge is 0.506 e. The van der Waals surface area contributed by atoms with Crippen LogP contribution in [-0.4, -0.2) is 11.7 Å². The number of para-hydroxylation sites is 2. The molecule has 3 nitrogen and oxygen atoms in total. The van der Waals surface area contributed by atoms with Crippen LogP contribution in [0.15, 0.2) is 42.5 Å². The first kappa shape index (κ1) is 12.3. The maximum Gasteiger partial charge on any atom is 0.138 e. The number of anilines is 1. The zero-order chi connectivity index (χ0) is 13.4. The molecule has 1 aliphatic heterocycles. The highest BCUT2D eigenvalue weighted by Gasteiger charge is 2.31. The summed E-state index contributed by atoms with van der Waals surface area (Å²) >= 11 is 6.25. The van der Waals surface area contributed by atoms with Crippen LogP contribution in [0.25, 0.3) is 0 Å². The van der Waals surface area contributed by atoms with Crippen molar-refractivity contribution in [3.63, 3.8) is 0 Å². The maximum atomic E-state index is 10.0. The molecule has 0 saturated carbocycles. The van der Waals surface area contributed by atoms with E-state index in [1.54, 1.807) is 6.07 Å². The second-order valence-electron chi connectivity index (χ2n) is 4.68. The van der Waals surface area contributed by atoms with Crippen LogP contribution in [0.3, 0.4) is 0 Å². The number of benzene rings is 2. The predicted molar refractivity (Wildman–Crippen MR) is 77.5 cm³/mol. The highest BCUT2D eigenvalue weighted by Crippen LogP contribution is 2.42. The Morgan fingerprint density at radius 1 is 1.21 bits per heavy atom. The van der Waals surface area contributed by atoms with Crippen LogP contribution in [0.4, 0.5) is 5.69 Å². The molecule has 19 heavy (non-hydrogen) atoms.